The Morgan fingerprint density at radius 3 is 2.94 bits per heavy atom. The summed E-state index contributed by atoms with van der Waals surface area (Å²) in [5.74, 6) is 0.954. The lowest BCUT2D eigenvalue weighted by Gasteiger charge is -2.06. The maximum Gasteiger partial charge on any atom is 0.119 e. The van der Waals surface area contributed by atoms with Crippen LogP contribution in [-0.2, 0) is 0 Å². The average molecular weight is 215 g/mol. The van der Waals surface area contributed by atoms with Crippen LogP contribution < -0.4 is 4.74 Å². The summed E-state index contributed by atoms with van der Waals surface area (Å²) in [5.41, 5.74) is 0. The Hall–Kier alpha value is -1.57. The number of fused-ring (bicyclic) bond motifs is 1. The Morgan fingerprint density at radius 2 is 2.06 bits per heavy atom. The zero-order chi connectivity index (χ0) is 11.2. The van der Waals surface area contributed by atoms with Gasteiger partial charge in [0.2, 0.25) is 0 Å². The first-order chi connectivity index (χ1) is 7.90. The molecule has 0 radical (unpaired) electrons. The molecule has 0 aliphatic heterocycles. The minimum absolute atomic E-state index is 0.810. The summed E-state index contributed by atoms with van der Waals surface area (Å²) >= 11 is 0. The molecule has 0 bridgehead atoms. The molecule has 0 atom stereocenters. The number of aromatic nitrogens is 1. The smallest absolute Gasteiger partial charge is 0.119 e. The van der Waals surface area contributed by atoms with Crippen LogP contribution in [0.25, 0.3) is 10.8 Å². The fourth-order valence-corrected chi connectivity index (χ4v) is 1.69. The monoisotopic (exact) mass is 215 g/mol. The second-order valence-electron chi connectivity index (χ2n) is 3.94. The first-order valence-electron chi connectivity index (χ1n) is 5.87. The van der Waals surface area contributed by atoms with Crippen LogP contribution in [0.15, 0.2) is 36.7 Å². The van der Waals surface area contributed by atoms with E-state index in [1.165, 1.54) is 18.2 Å². The molecule has 0 saturated heterocycles. The third-order valence-corrected chi connectivity index (χ3v) is 2.63. The zero-order valence-corrected chi connectivity index (χ0v) is 9.65. The molecule has 0 fully saturated rings. The molecule has 1 heterocycles. The first-order valence-corrected chi connectivity index (χ1v) is 5.87. The predicted molar refractivity (Wildman–Crippen MR) is 66.8 cm³/mol. The van der Waals surface area contributed by atoms with Gasteiger partial charge >= 0.3 is 0 Å². The minimum Gasteiger partial charge on any atom is -0.494 e. The van der Waals surface area contributed by atoms with E-state index >= 15 is 0 Å². The van der Waals surface area contributed by atoms with Gasteiger partial charge in [-0.05, 0) is 36.1 Å². The number of rotatable bonds is 5. The molecule has 2 nitrogen and oxygen atoms in total. The maximum atomic E-state index is 5.70. The molecule has 0 saturated carbocycles. The fraction of sp³-hybridized carbons (Fsp3) is 0.357. The van der Waals surface area contributed by atoms with Crippen molar-refractivity contribution < 1.29 is 4.74 Å². The number of ether oxygens (including phenoxy) is 1. The van der Waals surface area contributed by atoms with E-state index in [1.807, 2.05) is 24.5 Å². The highest BCUT2D eigenvalue weighted by molar-refractivity contribution is 5.82. The third-order valence-electron chi connectivity index (χ3n) is 2.63. The summed E-state index contributed by atoms with van der Waals surface area (Å²) in [4.78, 5) is 4.09. The van der Waals surface area contributed by atoms with Gasteiger partial charge in [-0.15, -0.1) is 0 Å². The number of unbranched alkanes of at least 4 members (excludes halogenated alkanes) is 2. The number of benzene rings is 1. The molecule has 1 aromatic heterocycles. The Morgan fingerprint density at radius 1 is 1.12 bits per heavy atom. The van der Waals surface area contributed by atoms with Crippen molar-refractivity contribution in [2.45, 2.75) is 26.2 Å². The number of pyridine rings is 1. The lowest BCUT2D eigenvalue weighted by atomic mass is 10.2. The summed E-state index contributed by atoms with van der Waals surface area (Å²) in [6, 6.07) is 8.14. The lowest BCUT2D eigenvalue weighted by Crippen LogP contribution is -1.96. The topological polar surface area (TPSA) is 22.1 Å². The van der Waals surface area contributed by atoms with Gasteiger partial charge in [0, 0.05) is 17.8 Å². The SMILES string of the molecule is CCCCCOc1ccc2cnccc2c1. The minimum atomic E-state index is 0.810. The van der Waals surface area contributed by atoms with Crippen molar-refractivity contribution in [1.29, 1.82) is 0 Å². The average Bonchev–Trinajstić information content (AvgIpc) is 2.34. The second kappa shape index (κ2) is 5.50. The van der Waals surface area contributed by atoms with E-state index in [4.69, 9.17) is 4.74 Å². The molecule has 0 amide bonds. The zero-order valence-electron chi connectivity index (χ0n) is 9.65. The van der Waals surface area contributed by atoms with Crippen LogP contribution in [0.5, 0.6) is 5.75 Å². The summed E-state index contributed by atoms with van der Waals surface area (Å²) in [6.07, 6.45) is 7.27. The molecular formula is C14H17NO. The molecule has 0 N–H and O–H groups in total. The molecule has 0 spiro atoms. The molecule has 2 heteroatoms. The summed E-state index contributed by atoms with van der Waals surface area (Å²) in [6.45, 7) is 3.01. The van der Waals surface area contributed by atoms with Gasteiger partial charge in [-0.25, -0.2) is 0 Å². The van der Waals surface area contributed by atoms with Crippen molar-refractivity contribution in [2.24, 2.45) is 0 Å². The summed E-state index contributed by atoms with van der Waals surface area (Å²) in [7, 11) is 0. The van der Waals surface area contributed by atoms with Gasteiger partial charge in [-0.2, -0.15) is 0 Å². The maximum absolute atomic E-state index is 5.70. The van der Waals surface area contributed by atoms with Crippen LogP contribution in [0.2, 0.25) is 0 Å². The van der Waals surface area contributed by atoms with Gasteiger partial charge in [-0.1, -0.05) is 19.8 Å². The molecule has 84 valence electrons. The first kappa shape index (κ1) is 10.9. The largest absolute Gasteiger partial charge is 0.494 e. The highest BCUT2D eigenvalue weighted by Crippen LogP contribution is 2.19. The lowest BCUT2D eigenvalue weighted by molar-refractivity contribution is 0.306. The van der Waals surface area contributed by atoms with Crippen molar-refractivity contribution in [3.63, 3.8) is 0 Å². The van der Waals surface area contributed by atoms with E-state index in [1.54, 1.807) is 0 Å². The molecule has 0 unspecified atom stereocenters. The van der Waals surface area contributed by atoms with Crippen LogP contribution in [-0.4, -0.2) is 11.6 Å². The van der Waals surface area contributed by atoms with Crippen molar-refractivity contribution in [3.8, 4) is 5.75 Å². The van der Waals surface area contributed by atoms with Gasteiger partial charge in [0.1, 0.15) is 5.75 Å². The Kier molecular flexibility index (Phi) is 3.76. The number of hydrogen-bond donors (Lipinski definition) is 0. The highest BCUT2D eigenvalue weighted by Gasteiger charge is 1.96. The van der Waals surface area contributed by atoms with E-state index < -0.39 is 0 Å². The van der Waals surface area contributed by atoms with Gasteiger partial charge in [0.15, 0.2) is 0 Å². The normalized spacial score (nSPS) is 10.6. The Labute approximate surface area is 96.3 Å². The molecular weight excluding hydrogens is 198 g/mol. The second-order valence-corrected chi connectivity index (χ2v) is 3.94. The number of nitrogens with zero attached hydrogens (tertiary/aromatic N) is 1. The van der Waals surface area contributed by atoms with E-state index in [0.717, 1.165) is 24.2 Å². The van der Waals surface area contributed by atoms with Crippen LogP contribution in [0, 0.1) is 0 Å². The summed E-state index contributed by atoms with van der Waals surface area (Å²) in [5, 5.41) is 2.34. The van der Waals surface area contributed by atoms with E-state index in [0.29, 0.717) is 0 Å². The standard InChI is InChI=1S/C14H17NO/c1-2-3-4-9-16-14-6-5-13-11-15-8-7-12(13)10-14/h5-8,10-11H,2-4,9H2,1H3. The van der Waals surface area contributed by atoms with Crippen LogP contribution >= 0.6 is 0 Å². The van der Waals surface area contributed by atoms with Gasteiger partial charge < -0.3 is 4.74 Å². The molecule has 0 aliphatic rings. The van der Waals surface area contributed by atoms with Crippen molar-refractivity contribution in [1.82, 2.24) is 4.98 Å². The Balaban J connectivity index is 2.02. The van der Waals surface area contributed by atoms with Crippen LogP contribution in [0.3, 0.4) is 0 Å². The van der Waals surface area contributed by atoms with Crippen molar-refractivity contribution in [2.75, 3.05) is 6.61 Å². The van der Waals surface area contributed by atoms with Crippen molar-refractivity contribution >= 4 is 10.8 Å². The highest BCUT2D eigenvalue weighted by atomic mass is 16.5. The van der Waals surface area contributed by atoms with E-state index in [9.17, 15) is 0 Å². The molecule has 1 aromatic carbocycles. The van der Waals surface area contributed by atoms with Crippen LogP contribution in [0.1, 0.15) is 26.2 Å². The predicted octanol–water partition coefficient (Wildman–Crippen LogP) is 3.80. The Bertz CT molecular complexity index is 453. The quantitative estimate of drug-likeness (QED) is 0.708. The van der Waals surface area contributed by atoms with E-state index in [-0.39, 0.29) is 0 Å². The third kappa shape index (κ3) is 2.72. The number of hydrogen-bond acceptors (Lipinski definition) is 2. The molecule has 0 aliphatic carbocycles. The summed E-state index contributed by atoms with van der Waals surface area (Å²) < 4.78 is 5.70. The molecule has 2 rings (SSSR count). The fourth-order valence-electron chi connectivity index (χ4n) is 1.69. The van der Waals surface area contributed by atoms with Crippen LogP contribution in [0.4, 0.5) is 0 Å². The van der Waals surface area contributed by atoms with Gasteiger partial charge in [0.05, 0.1) is 6.61 Å². The molecule has 2 aromatic rings. The van der Waals surface area contributed by atoms with Crippen molar-refractivity contribution in [3.05, 3.63) is 36.7 Å². The van der Waals surface area contributed by atoms with Gasteiger partial charge in [-0.3, -0.25) is 4.98 Å². The molecule has 16 heavy (non-hydrogen) atoms. The van der Waals surface area contributed by atoms with E-state index in [2.05, 4.69) is 24.0 Å². The van der Waals surface area contributed by atoms with Gasteiger partial charge in [0.25, 0.3) is 0 Å².